The van der Waals surface area contributed by atoms with E-state index in [2.05, 4.69) is 5.32 Å². The summed E-state index contributed by atoms with van der Waals surface area (Å²) >= 11 is 0. The maximum Gasteiger partial charge on any atom is 0.147 e. The zero-order valence-electron chi connectivity index (χ0n) is 11.3. The molecule has 0 aliphatic carbocycles. The fraction of sp³-hybridized carbons (Fsp3) is 0.267. The van der Waals surface area contributed by atoms with Crippen molar-refractivity contribution in [1.29, 1.82) is 5.26 Å². The normalized spacial score (nSPS) is 13.6. The van der Waals surface area contributed by atoms with E-state index in [0.29, 0.717) is 11.5 Å². The highest BCUT2D eigenvalue weighted by molar-refractivity contribution is 5.49. The van der Waals surface area contributed by atoms with Gasteiger partial charge >= 0.3 is 0 Å². The van der Waals surface area contributed by atoms with E-state index in [1.165, 1.54) is 12.1 Å². The first-order valence-electron chi connectivity index (χ1n) is 6.15. The van der Waals surface area contributed by atoms with Crippen LogP contribution in [0, 0.1) is 24.1 Å². The van der Waals surface area contributed by atoms with Crippen molar-refractivity contribution in [3.63, 3.8) is 0 Å². The van der Waals surface area contributed by atoms with Crippen LogP contribution in [0.4, 0.5) is 10.1 Å². The van der Waals surface area contributed by atoms with Gasteiger partial charge in [0.05, 0.1) is 23.9 Å². The molecule has 1 unspecified atom stereocenters. The summed E-state index contributed by atoms with van der Waals surface area (Å²) in [6, 6.07) is 9.43. The van der Waals surface area contributed by atoms with Crippen molar-refractivity contribution in [2.45, 2.75) is 19.4 Å². The minimum atomic E-state index is -1.26. The topological polar surface area (TPSA) is 69.2 Å². The number of hydrogen-bond donors (Lipinski definition) is 2. The van der Waals surface area contributed by atoms with Gasteiger partial charge in [0.2, 0.25) is 0 Å². The van der Waals surface area contributed by atoms with Gasteiger partial charge in [-0.3, -0.25) is 0 Å². The van der Waals surface area contributed by atoms with Crippen LogP contribution in [0.5, 0.6) is 0 Å². The quantitative estimate of drug-likeness (QED) is 0.899. The van der Waals surface area contributed by atoms with Crippen LogP contribution in [0.25, 0.3) is 0 Å². The smallest absolute Gasteiger partial charge is 0.147 e. The lowest BCUT2D eigenvalue weighted by Gasteiger charge is -2.22. The number of aryl methyl sites for hydroxylation is 1. The van der Waals surface area contributed by atoms with Gasteiger partial charge in [-0.25, -0.2) is 4.39 Å². The predicted octanol–water partition coefficient (Wildman–Crippen LogP) is 2.92. The van der Waals surface area contributed by atoms with Crippen molar-refractivity contribution in [2.24, 2.45) is 0 Å². The lowest BCUT2D eigenvalue weighted by Crippen LogP contribution is -2.30. The fourth-order valence-corrected chi connectivity index (χ4v) is 1.81. The fourth-order valence-electron chi connectivity index (χ4n) is 1.81. The van der Waals surface area contributed by atoms with Crippen LogP contribution < -0.4 is 5.32 Å². The van der Waals surface area contributed by atoms with Crippen LogP contribution in [0.1, 0.15) is 24.0 Å². The Balaban J connectivity index is 2.10. The van der Waals surface area contributed by atoms with Gasteiger partial charge in [-0.15, -0.1) is 0 Å². The Kier molecular flexibility index (Phi) is 3.77. The second kappa shape index (κ2) is 5.35. The van der Waals surface area contributed by atoms with Crippen LogP contribution in [-0.2, 0) is 5.60 Å². The summed E-state index contributed by atoms with van der Waals surface area (Å²) in [5.74, 6) is 0.580. The summed E-state index contributed by atoms with van der Waals surface area (Å²) < 4.78 is 19.1. The highest BCUT2D eigenvalue weighted by Crippen LogP contribution is 2.24. The molecular weight excluding hydrogens is 259 g/mol. The second-order valence-electron chi connectivity index (χ2n) is 4.84. The summed E-state index contributed by atoms with van der Waals surface area (Å²) in [6.07, 6.45) is 0. The molecule has 1 heterocycles. The summed E-state index contributed by atoms with van der Waals surface area (Å²) in [5.41, 5.74) is -0.775. The number of hydrogen-bond acceptors (Lipinski definition) is 4. The first-order chi connectivity index (χ1) is 9.42. The molecular formula is C15H15FN2O2. The Morgan fingerprint density at radius 1 is 1.40 bits per heavy atom. The van der Waals surface area contributed by atoms with Crippen molar-refractivity contribution in [2.75, 3.05) is 11.9 Å². The number of benzene rings is 1. The highest BCUT2D eigenvalue weighted by atomic mass is 19.1. The molecule has 0 amide bonds. The van der Waals surface area contributed by atoms with Gasteiger partial charge in [-0.1, -0.05) is 0 Å². The molecule has 5 heteroatoms. The first kappa shape index (κ1) is 14.1. The highest BCUT2D eigenvalue weighted by Gasteiger charge is 2.26. The molecule has 20 heavy (non-hydrogen) atoms. The number of anilines is 1. The SMILES string of the molecule is Cc1ccc(C(C)(O)CNc2ccc(C#N)cc2F)o1. The molecule has 1 aromatic carbocycles. The van der Waals surface area contributed by atoms with E-state index in [-0.39, 0.29) is 17.8 Å². The van der Waals surface area contributed by atoms with E-state index in [4.69, 9.17) is 9.68 Å². The molecule has 2 rings (SSSR count). The number of aliphatic hydroxyl groups is 1. The largest absolute Gasteiger partial charge is 0.463 e. The molecule has 0 spiro atoms. The number of nitriles is 1. The van der Waals surface area contributed by atoms with Crippen LogP contribution in [0.2, 0.25) is 0 Å². The zero-order chi connectivity index (χ0) is 14.8. The Hall–Kier alpha value is -2.32. The average Bonchev–Trinajstić information content (AvgIpc) is 2.85. The molecule has 0 fully saturated rings. The number of halogens is 1. The Morgan fingerprint density at radius 2 is 2.15 bits per heavy atom. The summed E-state index contributed by atoms with van der Waals surface area (Å²) in [7, 11) is 0. The average molecular weight is 274 g/mol. The molecule has 0 bridgehead atoms. The van der Waals surface area contributed by atoms with Gasteiger partial charge in [0.1, 0.15) is 22.9 Å². The monoisotopic (exact) mass is 274 g/mol. The molecule has 1 atom stereocenters. The van der Waals surface area contributed by atoms with Gasteiger partial charge in [0, 0.05) is 0 Å². The van der Waals surface area contributed by atoms with Crippen LogP contribution >= 0.6 is 0 Å². The third kappa shape index (κ3) is 2.98. The maximum absolute atomic E-state index is 13.7. The number of furan rings is 1. The zero-order valence-corrected chi connectivity index (χ0v) is 11.3. The lowest BCUT2D eigenvalue weighted by molar-refractivity contribution is 0.0467. The van der Waals surface area contributed by atoms with Crippen LogP contribution in [-0.4, -0.2) is 11.7 Å². The Labute approximate surface area is 116 Å². The molecule has 0 aliphatic heterocycles. The predicted molar refractivity (Wildman–Crippen MR) is 72.6 cm³/mol. The molecule has 0 saturated carbocycles. The van der Waals surface area contributed by atoms with Gasteiger partial charge in [-0.05, 0) is 44.2 Å². The van der Waals surface area contributed by atoms with Crippen molar-refractivity contribution in [3.05, 3.63) is 53.2 Å². The minimum absolute atomic E-state index is 0.0861. The van der Waals surface area contributed by atoms with E-state index in [0.717, 1.165) is 6.07 Å². The van der Waals surface area contributed by atoms with Gasteiger partial charge in [-0.2, -0.15) is 5.26 Å². The standard InChI is InChI=1S/C15H15FN2O2/c1-10-3-6-14(20-10)15(2,19)9-18-13-5-4-11(8-17)7-12(13)16/h3-7,18-19H,9H2,1-2H3. The second-order valence-corrected chi connectivity index (χ2v) is 4.84. The third-order valence-electron chi connectivity index (χ3n) is 2.99. The van der Waals surface area contributed by atoms with Crippen molar-refractivity contribution in [3.8, 4) is 6.07 Å². The van der Waals surface area contributed by atoms with E-state index in [1.54, 1.807) is 26.0 Å². The summed E-state index contributed by atoms with van der Waals surface area (Å²) in [5, 5.41) is 21.8. The first-order valence-corrected chi connectivity index (χ1v) is 6.15. The van der Waals surface area contributed by atoms with Crippen molar-refractivity contribution < 1.29 is 13.9 Å². The molecule has 0 aliphatic rings. The Morgan fingerprint density at radius 3 is 2.70 bits per heavy atom. The molecule has 2 N–H and O–H groups in total. The van der Waals surface area contributed by atoms with Crippen molar-refractivity contribution in [1.82, 2.24) is 0 Å². The third-order valence-corrected chi connectivity index (χ3v) is 2.99. The Bertz CT molecular complexity index is 656. The maximum atomic E-state index is 13.7. The summed E-state index contributed by atoms with van der Waals surface area (Å²) in [4.78, 5) is 0. The van der Waals surface area contributed by atoms with Gasteiger partial charge < -0.3 is 14.8 Å². The van der Waals surface area contributed by atoms with Crippen LogP contribution in [0.3, 0.4) is 0 Å². The van der Waals surface area contributed by atoms with E-state index < -0.39 is 11.4 Å². The van der Waals surface area contributed by atoms with Crippen LogP contribution in [0.15, 0.2) is 34.7 Å². The van der Waals surface area contributed by atoms with Gasteiger partial charge in [0.15, 0.2) is 0 Å². The molecule has 104 valence electrons. The number of nitrogens with one attached hydrogen (secondary N) is 1. The minimum Gasteiger partial charge on any atom is -0.463 e. The number of nitrogens with zero attached hydrogens (tertiary/aromatic N) is 1. The summed E-state index contributed by atoms with van der Waals surface area (Å²) in [6.45, 7) is 3.45. The molecule has 2 aromatic rings. The molecule has 4 nitrogen and oxygen atoms in total. The molecule has 0 saturated heterocycles. The van der Waals surface area contributed by atoms with E-state index >= 15 is 0 Å². The molecule has 0 radical (unpaired) electrons. The van der Waals surface area contributed by atoms with Gasteiger partial charge in [0.25, 0.3) is 0 Å². The van der Waals surface area contributed by atoms with E-state index in [1.807, 2.05) is 6.07 Å². The van der Waals surface area contributed by atoms with Crippen molar-refractivity contribution >= 4 is 5.69 Å². The lowest BCUT2D eigenvalue weighted by atomic mass is 10.0. The molecule has 1 aromatic heterocycles. The number of rotatable bonds is 4. The van der Waals surface area contributed by atoms with E-state index in [9.17, 15) is 9.50 Å².